The Labute approximate surface area is 120 Å². The van der Waals surface area contributed by atoms with Crippen molar-refractivity contribution in [2.24, 2.45) is 0 Å². The second kappa shape index (κ2) is 6.56. The zero-order valence-electron chi connectivity index (χ0n) is 9.92. The average molecular weight is 352 g/mol. The molecule has 0 aromatic heterocycles. The van der Waals surface area contributed by atoms with Gasteiger partial charge in [-0.25, -0.2) is 18.0 Å². The minimum absolute atomic E-state index is 0.175. The first-order valence-corrected chi connectivity index (χ1v) is 6.03. The lowest BCUT2D eigenvalue weighted by molar-refractivity contribution is -0.139. The third-order valence-electron chi connectivity index (χ3n) is 2.26. The maximum absolute atomic E-state index is 13.4. The molecule has 4 nitrogen and oxygen atoms in total. The van der Waals surface area contributed by atoms with Crippen LogP contribution in [0.15, 0.2) is 23.2 Å². The highest BCUT2D eigenvalue weighted by atomic mass is 79.9. The summed E-state index contributed by atoms with van der Waals surface area (Å²) >= 11 is 2.92. The van der Waals surface area contributed by atoms with E-state index in [1.807, 2.05) is 5.32 Å². The number of hydrogen-bond acceptors (Lipinski definition) is 2. The van der Waals surface area contributed by atoms with Crippen LogP contribution in [-0.2, 0) is 4.79 Å². The summed E-state index contributed by atoms with van der Waals surface area (Å²) in [5, 5.41) is 10.8. The van der Waals surface area contributed by atoms with E-state index in [0.717, 1.165) is 0 Å². The number of amides is 1. The molecule has 0 bridgehead atoms. The molecule has 0 aliphatic carbocycles. The normalized spacial score (nSPS) is 11.8. The number of benzene rings is 1. The van der Waals surface area contributed by atoms with Crippen molar-refractivity contribution < 1.29 is 27.9 Å². The van der Waals surface area contributed by atoms with Gasteiger partial charge in [-0.15, -0.1) is 0 Å². The van der Waals surface area contributed by atoms with E-state index in [4.69, 9.17) is 5.11 Å². The lowest BCUT2D eigenvalue weighted by Gasteiger charge is -2.14. The number of nitrogens with one attached hydrogen (secondary N) is 1. The average Bonchev–Trinajstić information content (AvgIpc) is 2.25. The maximum atomic E-state index is 13.4. The summed E-state index contributed by atoms with van der Waals surface area (Å²) in [6.07, 6.45) is -0.175. The fourth-order valence-electron chi connectivity index (χ4n) is 1.41. The second-order valence-electron chi connectivity index (χ2n) is 3.83. The van der Waals surface area contributed by atoms with E-state index in [9.17, 15) is 22.8 Å². The lowest BCUT2D eigenvalue weighted by Crippen LogP contribution is -2.41. The molecule has 0 fully saturated rings. The van der Waals surface area contributed by atoms with E-state index >= 15 is 0 Å². The summed E-state index contributed by atoms with van der Waals surface area (Å²) in [4.78, 5) is 22.6. The van der Waals surface area contributed by atoms with Gasteiger partial charge < -0.3 is 10.4 Å². The molecule has 0 saturated carbocycles. The maximum Gasteiger partial charge on any atom is 0.326 e. The minimum atomic E-state index is -1.42. The van der Waals surface area contributed by atoms with Gasteiger partial charge in [-0.3, -0.25) is 4.79 Å². The van der Waals surface area contributed by atoms with Crippen molar-refractivity contribution in [3.05, 3.63) is 46.2 Å². The van der Waals surface area contributed by atoms with E-state index in [2.05, 4.69) is 22.5 Å². The zero-order valence-corrected chi connectivity index (χ0v) is 11.5. The molecule has 0 aliphatic heterocycles. The van der Waals surface area contributed by atoms with E-state index in [1.54, 1.807) is 0 Å². The molecular formula is C12H9BrF3NO3. The van der Waals surface area contributed by atoms with Crippen molar-refractivity contribution in [3.63, 3.8) is 0 Å². The van der Waals surface area contributed by atoms with Crippen molar-refractivity contribution in [1.29, 1.82) is 0 Å². The Bertz CT molecular complexity index is 554. The largest absolute Gasteiger partial charge is 0.480 e. The van der Waals surface area contributed by atoms with Crippen LogP contribution in [-0.4, -0.2) is 23.0 Å². The molecule has 0 heterocycles. The quantitative estimate of drug-likeness (QED) is 0.856. The van der Waals surface area contributed by atoms with Crippen LogP contribution in [0, 0.1) is 17.5 Å². The Morgan fingerprint density at radius 1 is 1.30 bits per heavy atom. The molecule has 8 heteroatoms. The van der Waals surface area contributed by atoms with Crippen molar-refractivity contribution in [2.75, 3.05) is 0 Å². The molecule has 108 valence electrons. The van der Waals surface area contributed by atoms with E-state index in [0.29, 0.717) is 12.1 Å². The van der Waals surface area contributed by atoms with E-state index < -0.39 is 40.9 Å². The van der Waals surface area contributed by atoms with Crippen LogP contribution in [0.5, 0.6) is 0 Å². The van der Waals surface area contributed by atoms with Crippen LogP contribution in [0.25, 0.3) is 0 Å². The molecular weight excluding hydrogens is 343 g/mol. The highest BCUT2D eigenvalue weighted by molar-refractivity contribution is 9.11. The van der Waals surface area contributed by atoms with Crippen molar-refractivity contribution >= 4 is 27.8 Å². The Balaban J connectivity index is 3.01. The van der Waals surface area contributed by atoms with Gasteiger partial charge in [0.2, 0.25) is 0 Å². The molecule has 20 heavy (non-hydrogen) atoms. The SMILES string of the molecule is C=C(Br)C[C@H](NC(=O)c1c(F)cc(F)cc1F)C(=O)O. The fraction of sp³-hybridized carbons (Fsp3) is 0.167. The Morgan fingerprint density at radius 3 is 2.20 bits per heavy atom. The van der Waals surface area contributed by atoms with Gasteiger partial charge in [0.05, 0.1) is 0 Å². The topological polar surface area (TPSA) is 66.4 Å². The molecule has 1 rings (SSSR count). The molecule has 0 spiro atoms. The molecule has 0 unspecified atom stereocenters. The molecule has 1 aromatic rings. The van der Waals surface area contributed by atoms with Gasteiger partial charge in [0, 0.05) is 18.6 Å². The Morgan fingerprint density at radius 2 is 1.80 bits per heavy atom. The van der Waals surface area contributed by atoms with Crippen LogP contribution >= 0.6 is 15.9 Å². The summed E-state index contributed by atoms with van der Waals surface area (Å²) in [5.74, 6) is -6.70. The number of carboxylic acids is 1. The summed E-state index contributed by atoms with van der Waals surface area (Å²) in [5.41, 5.74) is -1.04. The third-order valence-corrected chi connectivity index (χ3v) is 2.59. The number of carboxylic acid groups (broad SMARTS) is 1. The Hall–Kier alpha value is -1.83. The van der Waals surface area contributed by atoms with Gasteiger partial charge in [-0.1, -0.05) is 22.5 Å². The number of aliphatic carboxylic acids is 1. The van der Waals surface area contributed by atoms with Crippen LogP contribution in [0.4, 0.5) is 13.2 Å². The number of hydrogen-bond donors (Lipinski definition) is 2. The predicted octanol–water partition coefficient (Wildman–Crippen LogP) is 2.59. The standard InChI is InChI=1S/C12H9BrF3NO3/c1-5(13)2-9(12(19)20)17-11(18)10-7(15)3-6(14)4-8(10)16/h3-4,9H,1-2H2,(H,17,18)(H,19,20)/t9-/m0/s1. The molecule has 1 aromatic carbocycles. The van der Waals surface area contributed by atoms with E-state index in [-0.39, 0.29) is 10.9 Å². The van der Waals surface area contributed by atoms with Crippen LogP contribution in [0.2, 0.25) is 0 Å². The predicted molar refractivity (Wildman–Crippen MR) is 67.9 cm³/mol. The monoisotopic (exact) mass is 351 g/mol. The summed E-state index contributed by atoms with van der Waals surface area (Å²) < 4.78 is 39.7. The molecule has 2 N–H and O–H groups in total. The Kier molecular flexibility index (Phi) is 5.32. The first-order valence-electron chi connectivity index (χ1n) is 5.24. The van der Waals surface area contributed by atoms with Gasteiger partial charge in [-0.2, -0.15) is 0 Å². The van der Waals surface area contributed by atoms with Gasteiger partial charge >= 0.3 is 5.97 Å². The highest BCUT2D eigenvalue weighted by Gasteiger charge is 2.25. The first-order chi connectivity index (χ1) is 9.22. The third kappa shape index (κ3) is 4.09. The van der Waals surface area contributed by atoms with E-state index in [1.165, 1.54) is 0 Å². The van der Waals surface area contributed by atoms with Gasteiger partial charge in [-0.05, 0) is 4.48 Å². The summed E-state index contributed by atoms with van der Waals surface area (Å²) in [6.45, 7) is 3.41. The molecule has 1 amide bonds. The first kappa shape index (κ1) is 16.2. The molecule has 1 atom stereocenters. The number of halogens is 4. The smallest absolute Gasteiger partial charge is 0.326 e. The zero-order chi connectivity index (χ0) is 15.4. The van der Waals surface area contributed by atoms with Crippen molar-refractivity contribution in [1.82, 2.24) is 5.32 Å². The van der Waals surface area contributed by atoms with Crippen LogP contribution < -0.4 is 5.32 Å². The van der Waals surface area contributed by atoms with Gasteiger partial charge in [0.15, 0.2) is 0 Å². The fourth-order valence-corrected chi connectivity index (χ4v) is 1.73. The van der Waals surface area contributed by atoms with Crippen LogP contribution in [0.3, 0.4) is 0 Å². The molecule has 0 radical (unpaired) electrons. The van der Waals surface area contributed by atoms with Crippen molar-refractivity contribution in [3.8, 4) is 0 Å². The lowest BCUT2D eigenvalue weighted by atomic mass is 10.1. The van der Waals surface area contributed by atoms with Gasteiger partial charge in [0.25, 0.3) is 5.91 Å². The summed E-state index contributed by atoms with van der Waals surface area (Å²) in [6, 6.07) is -0.757. The van der Waals surface area contributed by atoms with Crippen molar-refractivity contribution in [2.45, 2.75) is 12.5 Å². The summed E-state index contributed by atoms with van der Waals surface area (Å²) in [7, 11) is 0. The number of carbonyl (C=O) groups is 2. The van der Waals surface area contributed by atoms with Crippen LogP contribution in [0.1, 0.15) is 16.8 Å². The highest BCUT2D eigenvalue weighted by Crippen LogP contribution is 2.16. The molecule has 0 saturated heterocycles. The minimum Gasteiger partial charge on any atom is -0.480 e. The molecule has 0 aliphatic rings. The number of rotatable bonds is 5. The number of carbonyl (C=O) groups excluding carboxylic acids is 1. The van der Waals surface area contributed by atoms with Gasteiger partial charge in [0.1, 0.15) is 29.1 Å². The second-order valence-corrected chi connectivity index (χ2v) is 4.95.